The molecule has 4 nitrogen and oxygen atoms in total. The molecule has 0 aliphatic carbocycles. The summed E-state index contributed by atoms with van der Waals surface area (Å²) in [6, 6.07) is 13.6. The number of nitrogens with zero attached hydrogens (tertiary/aromatic N) is 2. The van der Waals surface area contributed by atoms with Crippen molar-refractivity contribution in [2.75, 3.05) is 5.32 Å². The summed E-state index contributed by atoms with van der Waals surface area (Å²) in [4.78, 5) is 12.6. The molecule has 2 aromatic rings. The van der Waals surface area contributed by atoms with Crippen LogP contribution in [0.2, 0.25) is 0 Å². The summed E-state index contributed by atoms with van der Waals surface area (Å²) in [6.07, 6.45) is 1.23. The first-order chi connectivity index (χ1) is 11.0. The Labute approximate surface area is 140 Å². The molecule has 2 rings (SSSR count). The molecular weight excluding hydrogens is 361 g/mol. The van der Waals surface area contributed by atoms with Gasteiger partial charge in [0, 0.05) is 27.5 Å². The van der Waals surface area contributed by atoms with Gasteiger partial charge in [-0.15, -0.1) is 0 Å². The second-order valence-electron chi connectivity index (χ2n) is 4.45. The molecule has 0 amide bonds. The molecule has 0 radical (unpaired) electrons. The van der Waals surface area contributed by atoms with E-state index in [9.17, 15) is 9.18 Å². The SMILES string of the molecule is N#CC(C#N)=CNc1ccc(Br)cc1C(=O)c1ccc(F)cc1. The zero-order valence-electron chi connectivity index (χ0n) is 11.7. The van der Waals surface area contributed by atoms with Gasteiger partial charge in [0.25, 0.3) is 0 Å². The monoisotopic (exact) mass is 369 g/mol. The van der Waals surface area contributed by atoms with Crippen molar-refractivity contribution in [1.29, 1.82) is 10.5 Å². The van der Waals surface area contributed by atoms with Gasteiger partial charge in [0.1, 0.15) is 23.5 Å². The molecule has 0 bridgehead atoms. The minimum atomic E-state index is -0.426. The molecule has 0 aromatic heterocycles. The number of benzene rings is 2. The lowest BCUT2D eigenvalue weighted by molar-refractivity contribution is 0.103. The molecular formula is C17H9BrFN3O. The van der Waals surface area contributed by atoms with Crippen LogP contribution < -0.4 is 5.32 Å². The number of hydrogen-bond acceptors (Lipinski definition) is 4. The third-order valence-corrected chi connectivity index (χ3v) is 3.44. The van der Waals surface area contributed by atoms with E-state index in [1.54, 1.807) is 30.3 Å². The summed E-state index contributed by atoms with van der Waals surface area (Å²) in [5.74, 6) is -0.734. The van der Waals surface area contributed by atoms with Crippen molar-refractivity contribution in [3.8, 4) is 12.1 Å². The smallest absolute Gasteiger partial charge is 0.195 e. The first kappa shape index (κ1) is 16.4. The van der Waals surface area contributed by atoms with Crippen molar-refractivity contribution in [1.82, 2.24) is 0 Å². The van der Waals surface area contributed by atoms with Gasteiger partial charge in [-0.3, -0.25) is 4.79 Å². The maximum atomic E-state index is 13.0. The van der Waals surface area contributed by atoms with Crippen molar-refractivity contribution in [3.63, 3.8) is 0 Å². The van der Waals surface area contributed by atoms with Crippen LogP contribution in [0, 0.1) is 28.5 Å². The summed E-state index contributed by atoms with van der Waals surface area (Å²) in [7, 11) is 0. The van der Waals surface area contributed by atoms with Crippen molar-refractivity contribution in [2.45, 2.75) is 0 Å². The second kappa shape index (κ2) is 7.35. The van der Waals surface area contributed by atoms with Crippen molar-refractivity contribution in [2.24, 2.45) is 0 Å². The van der Waals surface area contributed by atoms with Crippen LogP contribution in [0.3, 0.4) is 0 Å². The maximum absolute atomic E-state index is 13.0. The second-order valence-corrected chi connectivity index (χ2v) is 5.37. The van der Waals surface area contributed by atoms with E-state index in [0.29, 0.717) is 21.3 Å². The van der Waals surface area contributed by atoms with Crippen LogP contribution in [-0.4, -0.2) is 5.78 Å². The molecule has 0 atom stereocenters. The summed E-state index contributed by atoms with van der Waals surface area (Å²) >= 11 is 3.30. The molecule has 0 saturated carbocycles. The van der Waals surface area contributed by atoms with E-state index < -0.39 is 5.82 Å². The van der Waals surface area contributed by atoms with E-state index in [0.717, 1.165) is 0 Å². The number of allylic oxidation sites excluding steroid dienone is 1. The minimum absolute atomic E-state index is 0.118. The Bertz CT molecular complexity index is 845. The molecule has 0 spiro atoms. The predicted octanol–water partition coefficient (Wildman–Crippen LogP) is 4.16. The van der Waals surface area contributed by atoms with Crippen molar-refractivity contribution < 1.29 is 9.18 Å². The number of rotatable bonds is 4. The Morgan fingerprint density at radius 2 is 1.78 bits per heavy atom. The normalized spacial score (nSPS) is 9.39. The van der Waals surface area contributed by atoms with Gasteiger partial charge < -0.3 is 5.32 Å². The number of carbonyl (C=O) groups is 1. The van der Waals surface area contributed by atoms with Gasteiger partial charge in [0.15, 0.2) is 5.78 Å². The topological polar surface area (TPSA) is 76.7 Å². The highest BCUT2D eigenvalue weighted by Gasteiger charge is 2.14. The number of hydrogen-bond donors (Lipinski definition) is 1. The molecule has 0 unspecified atom stereocenters. The molecule has 0 heterocycles. The standard InChI is InChI=1S/C17H9BrFN3O/c18-13-3-6-16(22-10-11(8-20)9-21)15(7-13)17(23)12-1-4-14(19)5-2-12/h1-7,10,22H. The number of nitrogens with one attached hydrogen (secondary N) is 1. The first-order valence-electron chi connectivity index (χ1n) is 6.42. The molecule has 0 fully saturated rings. The van der Waals surface area contributed by atoms with Crippen LogP contribution in [0.5, 0.6) is 0 Å². The number of ketones is 1. The van der Waals surface area contributed by atoms with E-state index in [1.807, 2.05) is 0 Å². The Morgan fingerprint density at radius 1 is 1.13 bits per heavy atom. The molecule has 2 aromatic carbocycles. The largest absolute Gasteiger partial charge is 0.359 e. The van der Waals surface area contributed by atoms with Crippen LogP contribution in [0.25, 0.3) is 0 Å². The van der Waals surface area contributed by atoms with Gasteiger partial charge >= 0.3 is 0 Å². The fourth-order valence-corrected chi connectivity index (χ4v) is 2.19. The molecule has 1 N–H and O–H groups in total. The fraction of sp³-hybridized carbons (Fsp3) is 0. The van der Waals surface area contributed by atoms with E-state index in [-0.39, 0.29) is 11.4 Å². The predicted molar refractivity (Wildman–Crippen MR) is 86.9 cm³/mol. The highest BCUT2D eigenvalue weighted by atomic mass is 79.9. The Balaban J connectivity index is 2.41. The van der Waals surface area contributed by atoms with Gasteiger partial charge in [0.2, 0.25) is 0 Å². The van der Waals surface area contributed by atoms with Gasteiger partial charge in [-0.1, -0.05) is 15.9 Å². The summed E-state index contributed by atoms with van der Waals surface area (Å²) in [6.45, 7) is 0. The quantitative estimate of drug-likeness (QED) is 0.648. The van der Waals surface area contributed by atoms with E-state index >= 15 is 0 Å². The zero-order chi connectivity index (χ0) is 16.8. The molecule has 0 aliphatic heterocycles. The van der Waals surface area contributed by atoms with Crippen LogP contribution in [0.4, 0.5) is 10.1 Å². The third kappa shape index (κ3) is 4.03. The molecule has 6 heteroatoms. The number of halogens is 2. The van der Waals surface area contributed by atoms with Crippen LogP contribution in [-0.2, 0) is 0 Å². The van der Waals surface area contributed by atoms with Gasteiger partial charge in [-0.25, -0.2) is 4.39 Å². The lowest BCUT2D eigenvalue weighted by Crippen LogP contribution is -2.05. The summed E-state index contributed by atoms with van der Waals surface area (Å²) < 4.78 is 13.7. The molecule has 0 saturated heterocycles. The Hall–Kier alpha value is -2.96. The summed E-state index contributed by atoms with van der Waals surface area (Å²) in [5.41, 5.74) is 0.980. The van der Waals surface area contributed by atoms with Gasteiger partial charge in [-0.2, -0.15) is 10.5 Å². The summed E-state index contributed by atoms with van der Waals surface area (Å²) in [5, 5.41) is 20.3. The lowest BCUT2D eigenvalue weighted by atomic mass is 10.0. The maximum Gasteiger partial charge on any atom is 0.195 e. The average molecular weight is 370 g/mol. The molecule has 0 aliphatic rings. The van der Waals surface area contributed by atoms with Crippen LogP contribution >= 0.6 is 15.9 Å². The Morgan fingerprint density at radius 3 is 2.39 bits per heavy atom. The van der Waals surface area contributed by atoms with E-state index in [2.05, 4.69) is 21.2 Å². The Kier molecular flexibility index (Phi) is 5.24. The molecule has 112 valence electrons. The third-order valence-electron chi connectivity index (χ3n) is 2.95. The first-order valence-corrected chi connectivity index (χ1v) is 7.21. The fourth-order valence-electron chi connectivity index (χ4n) is 1.83. The highest BCUT2D eigenvalue weighted by molar-refractivity contribution is 9.10. The number of carbonyl (C=O) groups excluding carboxylic acids is 1. The van der Waals surface area contributed by atoms with Crippen molar-refractivity contribution in [3.05, 3.63) is 75.7 Å². The minimum Gasteiger partial charge on any atom is -0.359 e. The van der Waals surface area contributed by atoms with Gasteiger partial charge in [0.05, 0.1) is 0 Å². The van der Waals surface area contributed by atoms with Crippen molar-refractivity contribution >= 4 is 27.4 Å². The molecule has 23 heavy (non-hydrogen) atoms. The lowest BCUT2D eigenvalue weighted by Gasteiger charge is -2.09. The average Bonchev–Trinajstić information content (AvgIpc) is 2.57. The van der Waals surface area contributed by atoms with Crippen LogP contribution in [0.15, 0.2) is 58.7 Å². The number of nitriles is 2. The zero-order valence-corrected chi connectivity index (χ0v) is 13.3. The highest BCUT2D eigenvalue weighted by Crippen LogP contribution is 2.24. The van der Waals surface area contributed by atoms with E-state index in [1.165, 1.54) is 30.5 Å². The van der Waals surface area contributed by atoms with Gasteiger partial charge in [-0.05, 0) is 42.5 Å². The number of anilines is 1. The van der Waals surface area contributed by atoms with E-state index in [4.69, 9.17) is 10.5 Å². The van der Waals surface area contributed by atoms with Crippen LogP contribution in [0.1, 0.15) is 15.9 Å².